The summed E-state index contributed by atoms with van der Waals surface area (Å²) in [6.45, 7) is 6.37. The van der Waals surface area contributed by atoms with Crippen molar-refractivity contribution in [1.29, 1.82) is 0 Å². The van der Waals surface area contributed by atoms with E-state index in [4.69, 9.17) is 4.74 Å². The Labute approximate surface area is 153 Å². The fourth-order valence-electron chi connectivity index (χ4n) is 3.22. The predicted molar refractivity (Wildman–Crippen MR) is 102 cm³/mol. The molecule has 1 aliphatic heterocycles. The van der Waals surface area contributed by atoms with Gasteiger partial charge in [-0.2, -0.15) is 0 Å². The molecule has 1 saturated heterocycles. The third-order valence-corrected chi connectivity index (χ3v) is 5.47. The fourth-order valence-corrected chi connectivity index (χ4v) is 3.63. The van der Waals surface area contributed by atoms with Gasteiger partial charge in [-0.25, -0.2) is 0 Å². The van der Waals surface area contributed by atoms with Gasteiger partial charge < -0.3 is 4.74 Å². The van der Waals surface area contributed by atoms with Crippen molar-refractivity contribution in [3.8, 4) is 0 Å². The van der Waals surface area contributed by atoms with E-state index in [9.17, 15) is 0 Å². The van der Waals surface area contributed by atoms with E-state index in [2.05, 4.69) is 80.3 Å². The second kappa shape index (κ2) is 8.77. The largest absolute Gasteiger partial charge is 0.375 e. The van der Waals surface area contributed by atoms with E-state index in [1.807, 2.05) is 0 Å². The molecular formula is C20H25BrN2O. The van der Waals surface area contributed by atoms with Gasteiger partial charge in [-0.1, -0.05) is 64.5 Å². The molecule has 2 aromatic rings. The van der Waals surface area contributed by atoms with Gasteiger partial charge in [0.05, 0.1) is 6.10 Å². The maximum absolute atomic E-state index is 5.72. The Kier molecular flexibility index (Phi) is 6.44. The lowest BCUT2D eigenvalue weighted by molar-refractivity contribution is 0.0405. The van der Waals surface area contributed by atoms with Gasteiger partial charge in [0.1, 0.15) is 0 Å². The lowest BCUT2D eigenvalue weighted by Gasteiger charge is -2.36. The summed E-state index contributed by atoms with van der Waals surface area (Å²) in [5, 5.41) is 0. The van der Waals surface area contributed by atoms with Gasteiger partial charge >= 0.3 is 0 Å². The number of methoxy groups -OCH3 is 1. The molecule has 0 aliphatic carbocycles. The van der Waals surface area contributed by atoms with Crippen LogP contribution in [0.3, 0.4) is 0 Å². The van der Waals surface area contributed by atoms with E-state index in [0.717, 1.165) is 39.3 Å². The highest BCUT2D eigenvalue weighted by molar-refractivity contribution is 9.10. The Hall–Kier alpha value is -1.20. The minimum absolute atomic E-state index is 0.154. The Morgan fingerprint density at radius 1 is 0.917 bits per heavy atom. The van der Waals surface area contributed by atoms with Crippen molar-refractivity contribution in [2.24, 2.45) is 0 Å². The molecule has 0 aromatic heterocycles. The molecule has 1 fully saturated rings. The Bertz CT molecular complexity index is 627. The van der Waals surface area contributed by atoms with E-state index in [0.29, 0.717) is 0 Å². The van der Waals surface area contributed by atoms with Crippen LogP contribution in [-0.4, -0.2) is 49.6 Å². The molecule has 3 rings (SSSR count). The molecule has 0 amide bonds. The topological polar surface area (TPSA) is 15.7 Å². The van der Waals surface area contributed by atoms with Gasteiger partial charge in [-0.05, 0) is 17.2 Å². The lowest BCUT2D eigenvalue weighted by Crippen LogP contribution is -2.47. The third-order valence-electron chi connectivity index (χ3n) is 4.70. The minimum Gasteiger partial charge on any atom is -0.375 e. The van der Waals surface area contributed by atoms with Crippen molar-refractivity contribution in [3.05, 3.63) is 70.2 Å². The minimum atomic E-state index is 0.154. The molecule has 3 nitrogen and oxygen atoms in total. The molecular weight excluding hydrogens is 364 g/mol. The number of rotatable bonds is 6. The average molecular weight is 389 g/mol. The first kappa shape index (κ1) is 17.6. The van der Waals surface area contributed by atoms with Crippen LogP contribution in [0.4, 0.5) is 0 Å². The van der Waals surface area contributed by atoms with Crippen molar-refractivity contribution in [3.63, 3.8) is 0 Å². The zero-order valence-electron chi connectivity index (χ0n) is 14.2. The van der Waals surface area contributed by atoms with E-state index in [-0.39, 0.29) is 6.10 Å². The van der Waals surface area contributed by atoms with Crippen LogP contribution in [0.1, 0.15) is 17.2 Å². The summed E-state index contributed by atoms with van der Waals surface area (Å²) in [5.41, 5.74) is 2.63. The summed E-state index contributed by atoms with van der Waals surface area (Å²) in [6.07, 6.45) is 0.154. The molecule has 1 atom stereocenters. The molecule has 2 aromatic carbocycles. The summed E-state index contributed by atoms with van der Waals surface area (Å²) < 4.78 is 6.92. The predicted octanol–water partition coefficient (Wildman–Crippen LogP) is 3.95. The first-order valence-corrected chi connectivity index (χ1v) is 9.31. The van der Waals surface area contributed by atoms with Crippen molar-refractivity contribution >= 4 is 15.9 Å². The summed E-state index contributed by atoms with van der Waals surface area (Å²) in [4.78, 5) is 5.04. The number of piperazine rings is 1. The molecule has 128 valence electrons. The molecule has 1 unspecified atom stereocenters. The number of hydrogen-bond acceptors (Lipinski definition) is 3. The first-order valence-electron chi connectivity index (χ1n) is 8.52. The Morgan fingerprint density at radius 3 is 2.21 bits per heavy atom. The maximum Gasteiger partial charge on any atom is 0.0947 e. The van der Waals surface area contributed by atoms with E-state index in [1.165, 1.54) is 15.6 Å². The third kappa shape index (κ3) is 4.67. The molecule has 24 heavy (non-hydrogen) atoms. The quantitative estimate of drug-likeness (QED) is 0.744. The highest BCUT2D eigenvalue weighted by atomic mass is 79.9. The molecule has 1 aliphatic rings. The summed E-state index contributed by atoms with van der Waals surface area (Å²) in [5.74, 6) is 0. The molecule has 0 N–H and O–H groups in total. The van der Waals surface area contributed by atoms with Crippen LogP contribution in [0.5, 0.6) is 0 Å². The highest BCUT2D eigenvalue weighted by Crippen LogP contribution is 2.21. The highest BCUT2D eigenvalue weighted by Gasteiger charge is 2.21. The van der Waals surface area contributed by atoms with Gasteiger partial charge in [0.15, 0.2) is 0 Å². The number of ether oxygens (including phenoxy) is 1. The summed E-state index contributed by atoms with van der Waals surface area (Å²) in [6, 6.07) is 19.0. The van der Waals surface area contributed by atoms with Crippen molar-refractivity contribution in [1.82, 2.24) is 9.80 Å². The van der Waals surface area contributed by atoms with Crippen molar-refractivity contribution in [2.75, 3.05) is 39.8 Å². The summed E-state index contributed by atoms with van der Waals surface area (Å²) in [7, 11) is 1.81. The van der Waals surface area contributed by atoms with Crippen LogP contribution in [0, 0.1) is 0 Å². The number of nitrogens with zero attached hydrogens (tertiary/aromatic N) is 2. The van der Waals surface area contributed by atoms with Gasteiger partial charge in [0.25, 0.3) is 0 Å². The second-order valence-electron chi connectivity index (χ2n) is 6.30. The van der Waals surface area contributed by atoms with E-state index < -0.39 is 0 Å². The Morgan fingerprint density at radius 2 is 1.54 bits per heavy atom. The van der Waals surface area contributed by atoms with Gasteiger partial charge in [0, 0.05) is 50.9 Å². The van der Waals surface area contributed by atoms with Crippen LogP contribution in [0.15, 0.2) is 59.1 Å². The van der Waals surface area contributed by atoms with Crippen LogP contribution in [0.2, 0.25) is 0 Å². The lowest BCUT2D eigenvalue weighted by atomic mass is 10.1. The molecule has 0 radical (unpaired) electrons. The van der Waals surface area contributed by atoms with Crippen LogP contribution in [-0.2, 0) is 11.3 Å². The van der Waals surface area contributed by atoms with Gasteiger partial charge in [-0.3, -0.25) is 9.80 Å². The van der Waals surface area contributed by atoms with Crippen molar-refractivity contribution < 1.29 is 4.74 Å². The van der Waals surface area contributed by atoms with Crippen LogP contribution < -0.4 is 0 Å². The number of hydrogen-bond donors (Lipinski definition) is 0. The molecule has 1 heterocycles. The first-order chi connectivity index (χ1) is 11.8. The van der Waals surface area contributed by atoms with E-state index >= 15 is 0 Å². The number of benzene rings is 2. The monoisotopic (exact) mass is 388 g/mol. The van der Waals surface area contributed by atoms with Crippen molar-refractivity contribution in [2.45, 2.75) is 12.6 Å². The molecule has 4 heteroatoms. The van der Waals surface area contributed by atoms with E-state index in [1.54, 1.807) is 7.11 Å². The average Bonchev–Trinajstić information content (AvgIpc) is 2.64. The molecule has 0 spiro atoms. The summed E-state index contributed by atoms with van der Waals surface area (Å²) >= 11 is 3.65. The van der Waals surface area contributed by atoms with Crippen LogP contribution in [0.25, 0.3) is 0 Å². The van der Waals surface area contributed by atoms with Gasteiger partial charge in [-0.15, -0.1) is 0 Å². The Balaban J connectivity index is 1.51. The maximum atomic E-state index is 5.72. The normalized spacial score (nSPS) is 17.8. The molecule has 0 bridgehead atoms. The fraction of sp³-hybridized carbons (Fsp3) is 0.400. The van der Waals surface area contributed by atoms with Crippen LogP contribution >= 0.6 is 15.9 Å². The molecule has 0 saturated carbocycles. The smallest absolute Gasteiger partial charge is 0.0947 e. The van der Waals surface area contributed by atoms with Gasteiger partial charge in [0.2, 0.25) is 0 Å². The zero-order chi connectivity index (χ0) is 16.8. The number of halogens is 1. The standard InChI is InChI=1S/C20H25BrN2O/c1-24-20(17-7-3-2-4-8-17)16-23-13-11-22(12-14-23)15-18-9-5-6-10-19(18)21/h2-10,20H,11-16H2,1H3. The second-order valence-corrected chi connectivity index (χ2v) is 7.16. The SMILES string of the molecule is COC(CN1CCN(Cc2ccccc2Br)CC1)c1ccccc1. The zero-order valence-corrected chi connectivity index (χ0v) is 15.8.